The lowest BCUT2D eigenvalue weighted by atomic mass is 9.77. The summed E-state index contributed by atoms with van der Waals surface area (Å²) in [6.07, 6.45) is 6.17. The Balaban J connectivity index is 0.940. The topological polar surface area (TPSA) is 49.3 Å². The van der Waals surface area contributed by atoms with Crippen LogP contribution in [0.3, 0.4) is 0 Å². The number of amides is 1. The lowest BCUT2D eigenvalue weighted by molar-refractivity contribution is -0.137. The first kappa shape index (κ1) is 37.6. The molecule has 0 bridgehead atoms. The standard InChI is InChI=1S/C50H48F3NO2/c1-4-5-6-7-31-8-10-32(11-9-31)33-12-14-34(15-13-33)35-16-18-37(19-17-35)48(56)54-40-24-20-36(21-25-40)38-22-27-44-43(28-38)47-41-26-23-39(50(51,52)53)29-42(41)46(55)30-45(47)49(44,2)3/h12-32,55H,4-11H2,1-3H3,(H,54,56). The smallest absolute Gasteiger partial charge is 0.416 e. The van der Waals surface area contributed by atoms with Crippen molar-refractivity contribution in [2.24, 2.45) is 5.92 Å². The molecule has 1 amide bonds. The van der Waals surface area contributed by atoms with Crippen LogP contribution in [-0.4, -0.2) is 11.0 Å². The van der Waals surface area contributed by atoms with Crippen LogP contribution >= 0.6 is 0 Å². The molecular formula is C50H48F3NO2. The summed E-state index contributed by atoms with van der Waals surface area (Å²) < 4.78 is 40.7. The molecule has 2 aliphatic carbocycles. The number of benzene rings is 6. The zero-order chi connectivity index (χ0) is 39.2. The summed E-state index contributed by atoms with van der Waals surface area (Å²) in [4.78, 5) is 13.3. The van der Waals surface area contributed by atoms with Crippen LogP contribution in [0.25, 0.3) is 44.2 Å². The Morgan fingerprint density at radius 1 is 0.714 bits per heavy atom. The third-order valence-electron chi connectivity index (χ3n) is 12.5. The number of fused-ring (bicyclic) bond motifs is 5. The molecular weight excluding hydrogens is 704 g/mol. The van der Waals surface area contributed by atoms with E-state index in [0.29, 0.717) is 22.6 Å². The lowest BCUT2D eigenvalue weighted by Crippen LogP contribution is -2.14. The summed E-state index contributed by atoms with van der Waals surface area (Å²) in [7, 11) is 0. The Morgan fingerprint density at radius 3 is 2.00 bits per heavy atom. The largest absolute Gasteiger partial charge is 0.507 e. The highest BCUT2D eigenvalue weighted by Crippen LogP contribution is 2.54. The van der Waals surface area contributed by atoms with Crippen LogP contribution in [0.2, 0.25) is 0 Å². The van der Waals surface area contributed by atoms with Gasteiger partial charge in [0.25, 0.3) is 5.91 Å². The van der Waals surface area contributed by atoms with Crippen LogP contribution in [0.1, 0.15) is 111 Å². The highest BCUT2D eigenvalue weighted by molar-refractivity contribution is 6.06. The van der Waals surface area contributed by atoms with Gasteiger partial charge in [0.2, 0.25) is 0 Å². The van der Waals surface area contributed by atoms with Gasteiger partial charge in [0, 0.05) is 22.1 Å². The fourth-order valence-corrected chi connectivity index (χ4v) is 9.16. The van der Waals surface area contributed by atoms with Gasteiger partial charge in [-0.2, -0.15) is 13.2 Å². The van der Waals surface area contributed by atoms with Crippen molar-refractivity contribution in [3.8, 4) is 39.1 Å². The number of hydrogen-bond acceptors (Lipinski definition) is 2. The number of phenols is 1. The number of hydrogen-bond donors (Lipinski definition) is 2. The van der Waals surface area contributed by atoms with Gasteiger partial charge in [0.15, 0.2) is 0 Å². The lowest BCUT2D eigenvalue weighted by Gasteiger charge is -2.29. The van der Waals surface area contributed by atoms with Crippen LogP contribution in [0.15, 0.2) is 115 Å². The summed E-state index contributed by atoms with van der Waals surface area (Å²) in [6.45, 7) is 6.41. The van der Waals surface area contributed by atoms with Crippen molar-refractivity contribution >= 4 is 22.4 Å². The molecule has 2 N–H and O–H groups in total. The molecule has 6 aromatic carbocycles. The van der Waals surface area contributed by atoms with E-state index in [2.05, 4.69) is 62.5 Å². The van der Waals surface area contributed by atoms with E-state index in [1.807, 2.05) is 54.6 Å². The highest BCUT2D eigenvalue weighted by Gasteiger charge is 2.38. The molecule has 6 aromatic rings. The predicted octanol–water partition coefficient (Wildman–Crippen LogP) is 14.3. The van der Waals surface area contributed by atoms with E-state index in [1.54, 1.807) is 6.07 Å². The van der Waals surface area contributed by atoms with Gasteiger partial charge in [-0.15, -0.1) is 0 Å². The predicted molar refractivity (Wildman–Crippen MR) is 222 cm³/mol. The van der Waals surface area contributed by atoms with Crippen molar-refractivity contribution in [2.45, 2.75) is 89.6 Å². The first-order chi connectivity index (χ1) is 26.9. The molecule has 1 saturated carbocycles. The van der Waals surface area contributed by atoms with E-state index >= 15 is 0 Å². The minimum Gasteiger partial charge on any atom is -0.507 e. The second-order valence-electron chi connectivity index (χ2n) is 16.4. The first-order valence-corrected chi connectivity index (χ1v) is 20.0. The number of alkyl halides is 3. The molecule has 6 heteroatoms. The van der Waals surface area contributed by atoms with Gasteiger partial charge >= 0.3 is 6.18 Å². The monoisotopic (exact) mass is 751 g/mol. The molecule has 2 aliphatic rings. The molecule has 0 atom stereocenters. The number of halogens is 3. The minimum absolute atomic E-state index is 0.162. The second kappa shape index (κ2) is 14.9. The van der Waals surface area contributed by atoms with Crippen LogP contribution < -0.4 is 5.32 Å². The van der Waals surface area contributed by atoms with Crippen molar-refractivity contribution in [3.63, 3.8) is 0 Å². The van der Waals surface area contributed by atoms with Crippen molar-refractivity contribution in [1.82, 2.24) is 0 Å². The number of carbonyl (C=O) groups is 1. The fourth-order valence-electron chi connectivity index (χ4n) is 9.16. The summed E-state index contributed by atoms with van der Waals surface area (Å²) >= 11 is 0. The van der Waals surface area contributed by atoms with Crippen LogP contribution in [0, 0.1) is 5.92 Å². The summed E-state index contributed by atoms with van der Waals surface area (Å²) in [6, 6.07) is 35.7. The Hall–Kier alpha value is -5.36. The first-order valence-electron chi connectivity index (χ1n) is 20.0. The molecule has 0 saturated heterocycles. The highest BCUT2D eigenvalue weighted by atomic mass is 19.4. The van der Waals surface area contributed by atoms with Gasteiger partial charge < -0.3 is 10.4 Å². The molecule has 0 unspecified atom stereocenters. The quantitative estimate of drug-likeness (QED) is 0.145. The fraction of sp³-hybridized carbons (Fsp3) is 0.300. The maximum Gasteiger partial charge on any atom is 0.416 e. The number of carbonyl (C=O) groups excluding carboxylic acids is 1. The summed E-state index contributed by atoms with van der Waals surface area (Å²) in [5.74, 6) is 1.21. The van der Waals surface area contributed by atoms with Crippen LogP contribution in [-0.2, 0) is 11.6 Å². The third-order valence-corrected chi connectivity index (χ3v) is 12.5. The third kappa shape index (κ3) is 7.22. The van der Waals surface area contributed by atoms with Gasteiger partial charge in [-0.05, 0) is 142 Å². The van der Waals surface area contributed by atoms with Gasteiger partial charge in [-0.25, -0.2) is 0 Å². The van der Waals surface area contributed by atoms with Crippen LogP contribution in [0.5, 0.6) is 5.75 Å². The molecule has 1 fully saturated rings. The number of aromatic hydroxyl groups is 1. The maximum absolute atomic E-state index is 13.6. The van der Waals surface area contributed by atoms with E-state index in [1.165, 1.54) is 63.0 Å². The summed E-state index contributed by atoms with van der Waals surface area (Å²) in [5, 5.41) is 14.6. The van der Waals surface area contributed by atoms with Crippen molar-refractivity contribution < 1.29 is 23.1 Å². The Morgan fingerprint density at radius 2 is 1.34 bits per heavy atom. The molecule has 56 heavy (non-hydrogen) atoms. The van der Waals surface area contributed by atoms with E-state index in [-0.39, 0.29) is 17.0 Å². The molecule has 3 nitrogen and oxygen atoms in total. The Labute approximate surface area is 327 Å². The molecule has 0 aromatic heterocycles. The van der Waals surface area contributed by atoms with Crippen LogP contribution in [0.4, 0.5) is 18.9 Å². The zero-order valence-electron chi connectivity index (χ0n) is 32.3. The van der Waals surface area contributed by atoms with Gasteiger partial charge in [-0.3, -0.25) is 4.79 Å². The number of rotatable bonds is 9. The average Bonchev–Trinajstić information content (AvgIpc) is 3.43. The van der Waals surface area contributed by atoms with Crippen molar-refractivity contribution in [1.29, 1.82) is 0 Å². The molecule has 0 radical (unpaired) electrons. The maximum atomic E-state index is 13.6. The second-order valence-corrected chi connectivity index (χ2v) is 16.4. The average molecular weight is 752 g/mol. The van der Waals surface area contributed by atoms with Gasteiger partial charge in [-0.1, -0.05) is 113 Å². The van der Waals surface area contributed by atoms with E-state index < -0.39 is 17.2 Å². The van der Waals surface area contributed by atoms with Crippen molar-refractivity contribution in [3.05, 3.63) is 143 Å². The molecule has 286 valence electrons. The molecule has 0 aliphatic heterocycles. The van der Waals surface area contributed by atoms with Crippen molar-refractivity contribution in [2.75, 3.05) is 5.32 Å². The molecule has 0 heterocycles. The van der Waals surface area contributed by atoms with E-state index in [0.717, 1.165) is 62.6 Å². The Kier molecular flexibility index (Phi) is 10.0. The Bertz CT molecular complexity index is 2380. The molecule has 8 rings (SSSR count). The van der Waals surface area contributed by atoms with Gasteiger partial charge in [0.1, 0.15) is 5.75 Å². The molecule has 0 spiro atoms. The van der Waals surface area contributed by atoms with Gasteiger partial charge in [0.05, 0.1) is 5.56 Å². The number of anilines is 1. The minimum atomic E-state index is -4.51. The zero-order valence-corrected chi connectivity index (χ0v) is 32.3. The normalized spacial score (nSPS) is 17.4. The number of nitrogens with one attached hydrogen (secondary N) is 1. The summed E-state index contributed by atoms with van der Waals surface area (Å²) in [5.41, 5.74) is 9.21. The van der Waals surface area contributed by atoms with E-state index in [9.17, 15) is 23.1 Å². The number of phenolic OH excluding ortho intramolecular Hbond substituents is 1. The SMILES string of the molecule is CCCCCC1CCC(c2ccc(-c3ccc(C(=O)Nc4ccc(-c5ccc6c(c5)-c5c(cc(O)c7cc(C(F)(F)F)ccc57)C6(C)C)cc4)cc3)cc2)CC1. The van der Waals surface area contributed by atoms with E-state index in [4.69, 9.17) is 0 Å². The number of unbranched alkanes of at least 4 members (excludes halogenated alkanes) is 2.